The molecule has 0 radical (unpaired) electrons. The number of aromatic nitrogens is 2. The van der Waals surface area contributed by atoms with Crippen molar-refractivity contribution in [1.82, 2.24) is 15.1 Å². The second-order valence-corrected chi connectivity index (χ2v) is 8.26. The first-order chi connectivity index (χ1) is 16.6. The van der Waals surface area contributed by atoms with Gasteiger partial charge >= 0.3 is 6.09 Å². The van der Waals surface area contributed by atoms with E-state index in [0.29, 0.717) is 5.56 Å². The van der Waals surface area contributed by atoms with Crippen molar-refractivity contribution in [3.63, 3.8) is 0 Å². The van der Waals surface area contributed by atoms with Crippen LogP contribution in [0.3, 0.4) is 0 Å². The molecule has 7 nitrogen and oxygen atoms in total. The van der Waals surface area contributed by atoms with E-state index >= 15 is 0 Å². The van der Waals surface area contributed by atoms with Gasteiger partial charge in [-0.25, -0.2) is 9.48 Å². The Morgan fingerprint density at radius 1 is 0.941 bits per heavy atom. The summed E-state index contributed by atoms with van der Waals surface area (Å²) in [5.74, 6) is -0.0398. The Labute approximate surface area is 197 Å². The third kappa shape index (κ3) is 4.31. The summed E-state index contributed by atoms with van der Waals surface area (Å²) in [5.41, 5.74) is 5.95. The highest BCUT2D eigenvalue weighted by molar-refractivity contribution is 5.79. The van der Waals surface area contributed by atoms with Crippen LogP contribution in [0.1, 0.15) is 28.7 Å². The van der Waals surface area contributed by atoms with Crippen molar-refractivity contribution < 1.29 is 19.7 Å². The molecule has 0 fully saturated rings. The van der Waals surface area contributed by atoms with Crippen LogP contribution < -0.4 is 5.32 Å². The molecule has 5 rings (SSSR count). The molecule has 1 aliphatic rings. The van der Waals surface area contributed by atoms with Gasteiger partial charge in [-0.1, -0.05) is 60.7 Å². The van der Waals surface area contributed by atoms with Crippen molar-refractivity contribution in [3.8, 4) is 16.8 Å². The summed E-state index contributed by atoms with van der Waals surface area (Å²) >= 11 is 0. The van der Waals surface area contributed by atoms with Crippen LogP contribution >= 0.6 is 0 Å². The Morgan fingerprint density at radius 3 is 2.21 bits per heavy atom. The fourth-order valence-corrected chi connectivity index (χ4v) is 4.42. The van der Waals surface area contributed by atoms with Crippen molar-refractivity contribution in [1.29, 1.82) is 0 Å². The maximum absolute atomic E-state index is 12.3. The lowest BCUT2D eigenvalue weighted by atomic mass is 9.98. The summed E-state index contributed by atoms with van der Waals surface area (Å²) in [5, 5.41) is 27.6. The van der Waals surface area contributed by atoms with Crippen LogP contribution in [0.4, 0.5) is 4.79 Å². The first-order valence-electron chi connectivity index (χ1n) is 11.2. The molecule has 0 spiro atoms. The predicted octanol–water partition coefficient (Wildman–Crippen LogP) is 3.81. The van der Waals surface area contributed by atoms with Gasteiger partial charge in [-0.15, -0.1) is 0 Å². The number of benzene rings is 3. The van der Waals surface area contributed by atoms with Gasteiger partial charge in [-0.3, -0.25) is 0 Å². The molecule has 7 heteroatoms. The summed E-state index contributed by atoms with van der Waals surface area (Å²) in [6.45, 7) is 0.0478. The number of ether oxygens (including phenoxy) is 1. The van der Waals surface area contributed by atoms with Gasteiger partial charge in [0.25, 0.3) is 0 Å². The van der Waals surface area contributed by atoms with Gasteiger partial charge in [0.2, 0.25) is 0 Å². The standard InChI is InChI=1S/C27H25N3O4/c31-25(26(32)18-10-12-19(13-11-18)30-15-5-14-29-30)16-28-27(33)34-17-24-22-8-3-1-6-20(22)21-7-2-4-9-23(21)24/h1-15,24-26,31-32H,16-17H2,(H,28,33). The van der Waals surface area contributed by atoms with Gasteiger partial charge in [0.1, 0.15) is 18.8 Å². The number of aliphatic hydroxyl groups excluding tert-OH is 2. The number of hydrogen-bond acceptors (Lipinski definition) is 5. The van der Waals surface area contributed by atoms with Crippen molar-refractivity contribution >= 4 is 6.09 Å². The SMILES string of the molecule is O=C(NCC(O)C(O)c1ccc(-n2cccn2)cc1)OCC1c2ccccc2-c2ccccc21. The Kier molecular flexibility index (Phi) is 6.12. The molecule has 0 aliphatic heterocycles. The van der Waals surface area contributed by atoms with E-state index in [1.54, 1.807) is 35.1 Å². The number of rotatable bonds is 7. The number of hydrogen-bond donors (Lipinski definition) is 3. The zero-order valence-corrected chi connectivity index (χ0v) is 18.4. The van der Waals surface area contributed by atoms with Crippen molar-refractivity contribution in [2.45, 2.75) is 18.1 Å². The Morgan fingerprint density at radius 2 is 1.59 bits per heavy atom. The van der Waals surface area contributed by atoms with E-state index in [2.05, 4.69) is 34.7 Å². The minimum Gasteiger partial charge on any atom is -0.449 e. The molecule has 0 bridgehead atoms. The molecular weight excluding hydrogens is 430 g/mol. The molecular formula is C27H25N3O4. The zero-order valence-electron chi connectivity index (χ0n) is 18.4. The first-order valence-corrected chi connectivity index (χ1v) is 11.2. The molecule has 1 aliphatic carbocycles. The summed E-state index contributed by atoms with van der Waals surface area (Å²) in [6.07, 6.45) is 0.527. The lowest BCUT2D eigenvalue weighted by Crippen LogP contribution is -2.36. The van der Waals surface area contributed by atoms with E-state index < -0.39 is 18.3 Å². The first kappa shape index (κ1) is 21.9. The molecule has 0 saturated heterocycles. The Bertz CT molecular complexity index is 1230. The van der Waals surface area contributed by atoms with Crippen LogP contribution in [0.5, 0.6) is 0 Å². The number of nitrogens with zero attached hydrogens (tertiary/aromatic N) is 2. The predicted molar refractivity (Wildman–Crippen MR) is 128 cm³/mol. The molecule has 2 atom stereocenters. The average Bonchev–Trinajstić information content (AvgIpc) is 3.53. The number of aliphatic hydroxyl groups is 2. The lowest BCUT2D eigenvalue weighted by Gasteiger charge is -2.19. The fraction of sp³-hybridized carbons (Fsp3) is 0.185. The average molecular weight is 456 g/mol. The van der Waals surface area contributed by atoms with Crippen LogP contribution in [0.25, 0.3) is 16.8 Å². The Hall–Kier alpha value is -3.94. The lowest BCUT2D eigenvalue weighted by molar-refractivity contribution is 0.0185. The second-order valence-electron chi connectivity index (χ2n) is 8.26. The Balaban J connectivity index is 1.15. The topological polar surface area (TPSA) is 96.6 Å². The van der Waals surface area contributed by atoms with Crippen molar-refractivity contribution in [2.24, 2.45) is 0 Å². The number of carbonyl (C=O) groups is 1. The summed E-state index contributed by atoms with van der Waals surface area (Å²) < 4.78 is 7.18. The van der Waals surface area contributed by atoms with Crippen molar-refractivity contribution in [3.05, 3.63) is 108 Å². The third-order valence-corrected chi connectivity index (χ3v) is 6.17. The van der Waals surface area contributed by atoms with E-state index in [0.717, 1.165) is 27.9 Å². The van der Waals surface area contributed by atoms with E-state index in [1.807, 2.05) is 36.5 Å². The number of fused-ring (bicyclic) bond motifs is 3. The zero-order chi connectivity index (χ0) is 23.5. The van der Waals surface area contributed by atoms with Crippen LogP contribution in [-0.4, -0.2) is 45.3 Å². The minimum atomic E-state index is -1.18. The molecule has 4 aromatic rings. The molecule has 3 N–H and O–H groups in total. The minimum absolute atomic E-state index is 0.0398. The van der Waals surface area contributed by atoms with E-state index in [-0.39, 0.29) is 19.1 Å². The monoisotopic (exact) mass is 455 g/mol. The quantitative estimate of drug-likeness (QED) is 0.394. The molecule has 172 valence electrons. The smallest absolute Gasteiger partial charge is 0.407 e. The highest BCUT2D eigenvalue weighted by Gasteiger charge is 2.29. The maximum atomic E-state index is 12.3. The molecule has 34 heavy (non-hydrogen) atoms. The fourth-order valence-electron chi connectivity index (χ4n) is 4.42. The van der Waals surface area contributed by atoms with Crippen molar-refractivity contribution in [2.75, 3.05) is 13.2 Å². The highest BCUT2D eigenvalue weighted by atomic mass is 16.5. The van der Waals surface area contributed by atoms with Gasteiger partial charge in [0, 0.05) is 24.9 Å². The largest absolute Gasteiger partial charge is 0.449 e. The summed E-state index contributed by atoms with van der Waals surface area (Å²) in [7, 11) is 0. The van der Waals surface area contributed by atoms with Gasteiger partial charge in [0.05, 0.1) is 5.69 Å². The van der Waals surface area contributed by atoms with E-state index in [1.165, 1.54) is 0 Å². The van der Waals surface area contributed by atoms with Gasteiger partial charge in [-0.05, 0) is 46.0 Å². The maximum Gasteiger partial charge on any atom is 0.407 e. The highest BCUT2D eigenvalue weighted by Crippen LogP contribution is 2.44. The molecule has 2 unspecified atom stereocenters. The summed E-state index contributed by atoms with van der Waals surface area (Å²) in [6, 6.07) is 25.1. The van der Waals surface area contributed by atoms with Gasteiger partial charge in [0.15, 0.2) is 0 Å². The van der Waals surface area contributed by atoms with Crippen LogP contribution in [0, 0.1) is 0 Å². The van der Waals surface area contributed by atoms with Crippen LogP contribution in [0.15, 0.2) is 91.3 Å². The van der Waals surface area contributed by atoms with Crippen LogP contribution in [-0.2, 0) is 4.74 Å². The molecule has 1 aromatic heterocycles. The summed E-state index contributed by atoms with van der Waals surface area (Å²) in [4.78, 5) is 12.3. The van der Waals surface area contributed by atoms with Gasteiger partial charge < -0.3 is 20.3 Å². The number of amides is 1. The molecule has 1 heterocycles. The molecule has 3 aromatic carbocycles. The number of carbonyl (C=O) groups excluding carboxylic acids is 1. The van der Waals surface area contributed by atoms with Gasteiger partial charge in [-0.2, -0.15) is 5.10 Å². The number of alkyl carbamates (subject to hydrolysis) is 1. The molecule has 0 saturated carbocycles. The molecule has 1 amide bonds. The third-order valence-electron chi connectivity index (χ3n) is 6.17. The number of nitrogens with one attached hydrogen (secondary N) is 1. The van der Waals surface area contributed by atoms with Crippen LogP contribution in [0.2, 0.25) is 0 Å². The second kappa shape index (κ2) is 9.51. The normalized spacial score (nSPS) is 14.2. The van der Waals surface area contributed by atoms with E-state index in [4.69, 9.17) is 4.74 Å². The van der Waals surface area contributed by atoms with E-state index in [9.17, 15) is 15.0 Å².